The Balaban J connectivity index is 1.36. The minimum atomic E-state index is 0.425. The maximum Gasteiger partial charge on any atom is 0.130 e. The lowest BCUT2D eigenvalue weighted by Crippen LogP contribution is -1.98. The number of hydrogen-bond acceptors (Lipinski definition) is 4. The first-order valence-corrected chi connectivity index (χ1v) is 10.4. The van der Waals surface area contributed by atoms with E-state index in [9.17, 15) is 0 Å². The zero-order valence-corrected chi connectivity index (χ0v) is 17.2. The van der Waals surface area contributed by atoms with E-state index in [-0.39, 0.29) is 0 Å². The summed E-state index contributed by atoms with van der Waals surface area (Å²) in [4.78, 5) is 8.80. The number of aromatic amines is 1. The van der Waals surface area contributed by atoms with Gasteiger partial charge in [0.2, 0.25) is 0 Å². The molecule has 0 aliphatic carbocycles. The summed E-state index contributed by atoms with van der Waals surface area (Å²) in [6.07, 6.45) is 4.50. The average Bonchev–Trinajstić information content (AvgIpc) is 3.28. The molecule has 0 saturated carbocycles. The molecule has 0 aliphatic heterocycles. The van der Waals surface area contributed by atoms with Crippen LogP contribution in [0.3, 0.4) is 0 Å². The fourth-order valence-electron chi connectivity index (χ4n) is 3.73. The van der Waals surface area contributed by atoms with E-state index >= 15 is 0 Å². The van der Waals surface area contributed by atoms with Crippen molar-refractivity contribution in [2.24, 2.45) is 0 Å². The Bertz CT molecular complexity index is 1310. The molecule has 0 spiro atoms. The van der Waals surface area contributed by atoms with Crippen LogP contribution >= 0.6 is 0 Å². The Labute approximate surface area is 180 Å². The molecule has 0 bridgehead atoms. The van der Waals surface area contributed by atoms with Gasteiger partial charge in [-0.15, -0.1) is 0 Å². The van der Waals surface area contributed by atoms with Gasteiger partial charge >= 0.3 is 0 Å². The van der Waals surface area contributed by atoms with E-state index < -0.39 is 0 Å². The van der Waals surface area contributed by atoms with E-state index in [1.165, 1.54) is 0 Å². The summed E-state index contributed by atoms with van der Waals surface area (Å²) >= 11 is 0. The van der Waals surface area contributed by atoms with Crippen LogP contribution in [0.2, 0.25) is 0 Å². The van der Waals surface area contributed by atoms with Gasteiger partial charge in [0.25, 0.3) is 0 Å². The second kappa shape index (κ2) is 8.40. The largest absolute Gasteiger partial charge is 0.487 e. The second-order valence-corrected chi connectivity index (χ2v) is 7.32. The molecule has 0 radical (unpaired) electrons. The monoisotopic (exact) mass is 406 g/mol. The third-order valence-corrected chi connectivity index (χ3v) is 5.33. The van der Waals surface area contributed by atoms with Gasteiger partial charge in [-0.05, 0) is 60.5 Å². The Morgan fingerprint density at radius 2 is 1.65 bits per heavy atom. The first kappa shape index (κ1) is 19.0. The van der Waals surface area contributed by atoms with Crippen molar-refractivity contribution in [2.45, 2.75) is 20.0 Å². The molecule has 2 aromatic carbocycles. The molecular formula is C26H22N4O. The number of aryl methyl sites for hydroxylation is 1. The molecule has 0 saturated heterocycles. The van der Waals surface area contributed by atoms with Gasteiger partial charge in [0.05, 0.1) is 11.2 Å². The number of para-hydroxylation sites is 1. The molecule has 3 aromatic heterocycles. The Morgan fingerprint density at radius 1 is 0.839 bits per heavy atom. The quantitative estimate of drug-likeness (QED) is 0.385. The third-order valence-electron chi connectivity index (χ3n) is 5.33. The standard InChI is InChI=1S/C26H22N4O/c1-2-23-25(19-13-15-27-16-14-19)26(30-29-23)20-8-11-22(12-9-20)31-17-21-10-7-18-5-3-4-6-24(18)28-21/h3-16H,2,17H2,1H3,(H,29,30). The Kier molecular flexibility index (Phi) is 5.15. The van der Waals surface area contributed by atoms with Crippen LogP contribution in [0.25, 0.3) is 33.3 Å². The van der Waals surface area contributed by atoms with E-state index in [2.05, 4.69) is 39.2 Å². The van der Waals surface area contributed by atoms with Crippen LogP contribution in [0.4, 0.5) is 0 Å². The predicted octanol–water partition coefficient (Wildman–Crippen LogP) is 5.83. The van der Waals surface area contributed by atoms with Crippen molar-refractivity contribution in [3.05, 3.63) is 96.6 Å². The van der Waals surface area contributed by atoms with Crippen LogP contribution in [-0.4, -0.2) is 20.2 Å². The zero-order chi connectivity index (χ0) is 21.0. The third kappa shape index (κ3) is 3.90. The fraction of sp³-hybridized carbons (Fsp3) is 0.115. The van der Waals surface area contributed by atoms with Crippen molar-refractivity contribution in [3.8, 4) is 28.1 Å². The second-order valence-electron chi connectivity index (χ2n) is 7.32. The summed E-state index contributed by atoms with van der Waals surface area (Å²) in [6, 6.07) is 24.3. The summed E-state index contributed by atoms with van der Waals surface area (Å²) in [7, 11) is 0. The van der Waals surface area contributed by atoms with E-state index in [0.717, 1.165) is 56.8 Å². The van der Waals surface area contributed by atoms with Gasteiger partial charge in [-0.1, -0.05) is 31.2 Å². The molecule has 5 rings (SSSR count). The molecule has 3 heterocycles. The van der Waals surface area contributed by atoms with Crippen molar-refractivity contribution >= 4 is 10.9 Å². The summed E-state index contributed by atoms with van der Waals surface area (Å²) in [5.41, 5.74) is 7.21. The van der Waals surface area contributed by atoms with Gasteiger partial charge in [0, 0.05) is 34.6 Å². The van der Waals surface area contributed by atoms with Crippen LogP contribution in [0.15, 0.2) is 85.2 Å². The van der Waals surface area contributed by atoms with Crippen LogP contribution in [0, 0.1) is 0 Å². The van der Waals surface area contributed by atoms with Gasteiger partial charge in [-0.2, -0.15) is 5.10 Å². The lowest BCUT2D eigenvalue weighted by Gasteiger charge is -2.09. The number of benzene rings is 2. The van der Waals surface area contributed by atoms with E-state index in [0.29, 0.717) is 6.61 Å². The molecule has 1 N–H and O–H groups in total. The summed E-state index contributed by atoms with van der Waals surface area (Å²) in [5, 5.41) is 8.91. The molecule has 31 heavy (non-hydrogen) atoms. The molecule has 0 aliphatic rings. The summed E-state index contributed by atoms with van der Waals surface area (Å²) < 4.78 is 5.97. The summed E-state index contributed by atoms with van der Waals surface area (Å²) in [6.45, 7) is 2.55. The van der Waals surface area contributed by atoms with Gasteiger partial charge in [-0.3, -0.25) is 10.1 Å². The normalized spacial score (nSPS) is 11.0. The molecule has 5 aromatic rings. The Morgan fingerprint density at radius 3 is 2.45 bits per heavy atom. The number of ether oxygens (including phenoxy) is 1. The number of fused-ring (bicyclic) bond motifs is 1. The van der Waals surface area contributed by atoms with Crippen LogP contribution < -0.4 is 4.74 Å². The number of hydrogen-bond donors (Lipinski definition) is 1. The lowest BCUT2D eigenvalue weighted by atomic mass is 9.99. The van der Waals surface area contributed by atoms with Crippen molar-refractivity contribution < 1.29 is 4.74 Å². The molecule has 0 unspecified atom stereocenters. The van der Waals surface area contributed by atoms with E-state index in [1.54, 1.807) is 0 Å². The van der Waals surface area contributed by atoms with Crippen molar-refractivity contribution in [3.63, 3.8) is 0 Å². The topological polar surface area (TPSA) is 63.7 Å². The Hall–Kier alpha value is -3.99. The zero-order valence-electron chi connectivity index (χ0n) is 17.2. The highest BCUT2D eigenvalue weighted by Gasteiger charge is 2.15. The molecule has 5 heteroatoms. The van der Waals surface area contributed by atoms with Crippen molar-refractivity contribution in [1.82, 2.24) is 20.2 Å². The van der Waals surface area contributed by atoms with Gasteiger partial charge in [-0.25, -0.2) is 4.98 Å². The highest BCUT2D eigenvalue weighted by molar-refractivity contribution is 5.82. The minimum absolute atomic E-state index is 0.425. The van der Waals surface area contributed by atoms with Gasteiger partial charge in [0.1, 0.15) is 18.1 Å². The highest BCUT2D eigenvalue weighted by Crippen LogP contribution is 2.34. The SMILES string of the molecule is CCc1[nH]nc(-c2ccc(OCc3ccc4ccccc4n3)cc2)c1-c1ccncc1. The molecule has 152 valence electrons. The maximum atomic E-state index is 5.97. The number of pyridine rings is 2. The molecule has 0 amide bonds. The highest BCUT2D eigenvalue weighted by atomic mass is 16.5. The van der Waals surface area contributed by atoms with E-state index in [1.807, 2.05) is 73.1 Å². The fourth-order valence-corrected chi connectivity index (χ4v) is 3.73. The molecule has 5 nitrogen and oxygen atoms in total. The first-order chi connectivity index (χ1) is 15.3. The lowest BCUT2D eigenvalue weighted by molar-refractivity contribution is 0.302. The number of H-pyrrole nitrogens is 1. The van der Waals surface area contributed by atoms with E-state index in [4.69, 9.17) is 4.74 Å². The smallest absolute Gasteiger partial charge is 0.130 e. The number of nitrogens with zero attached hydrogens (tertiary/aromatic N) is 3. The van der Waals surface area contributed by atoms with Crippen molar-refractivity contribution in [2.75, 3.05) is 0 Å². The summed E-state index contributed by atoms with van der Waals surface area (Å²) in [5.74, 6) is 0.801. The van der Waals surface area contributed by atoms with Crippen LogP contribution in [-0.2, 0) is 13.0 Å². The van der Waals surface area contributed by atoms with Crippen molar-refractivity contribution in [1.29, 1.82) is 0 Å². The van der Waals surface area contributed by atoms with Crippen LogP contribution in [0.1, 0.15) is 18.3 Å². The number of aromatic nitrogens is 4. The minimum Gasteiger partial charge on any atom is -0.487 e. The molecular weight excluding hydrogens is 384 g/mol. The molecule has 0 fully saturated rings. The number of nitrogens with one attached hydrogen (secondary N) is 1. The van der Waals surface area contributed by atoms with Gasteiger partial charge in [0.15, 0.2) is 0 Å². The first-order valence-electron chi connectivity index (χ1n) is 10.4. The van der Waals surface area contributed by atoms with Crippen LogP contribution in [0.5, 0.6) is 5.75 Å². The average molecular weight is 406 g/mol. The number of rotatable bonds is 6. The molecule has 0 atom stereocenters. The van der Waals surface area contributed by atoms with Gasteiger partial charge < -0.3 is 4.74 Å². The maximum absolute atomic E-state index is 5.97. The predicted molar refractivity (Wildman–Crippen MR) is 123 cm³/mol.